The molecule has 0 amide bonds. The molecule has 0 atom stereocenters. The molecule has 0 bridgehead atoms. The first-order valence-corrected chi connectivity index (χ1v) is 6.68. The minimum Gasteiger partial charge on any atom is -0.478 e. The Balaban J connectivity index is 1.87. The van der Waals surface area contributed by atoms with E-state index < -0.39 is 0 Å². The Morgan fingerprint density at radius 2 is 2.28 bits per heavy atom. The number of hydrogen-bond acceptors (Lipinski definition) is 4. The number of ether oxygens (including phenoxy) is 1. The van der Waals surface area contributed by atoms with E-state index >= 15 is 0 Å². The maximum Gasteiger partial charge on any atom is 0.226 e. The van der Waals surface area contributed by atoms with E-state index in [0.717, 1.165) is 18.7 Å². The van der Waals surface area contributed by atoms with E-state index in [0.29, 0.717) is 18.4 Å². The molecule has 1 aliphatic rings. The summed E-state index contributed by atoms with van der Waals surface area (Å²) in [5.41, 5.74) is 2.48. The molecule has 4 nitrogen and oxygen atoms in total. The zero-order valence-electron chi connectivity index (χ0n) is 11.2. The van der Waals surface area contributed by atoms with Crippen molar-refractivity contribution in [2.45, 2.75) is 39.5 Å². The molecule has 0 spiro atoms. The Bertz CT molecular complexity index is 429. The SMILES string of the molecule is CCOc1cc(C)nc(NCCC2=CCCC2)n1. The third kappa shape index (κ3) is 3.72. The zero-order chi connectivity index (χ0) is 12.8. The van der Waals surface area contributed by atoms with Gasteiger partial charge in [0, 0.05) is 18.3 Å². The van der Waals surface area contributed by atoms with Crippen molar-refractivity contribution in [2.24, 2.45) is 0 Å². The van der Waals surface area contributed by atoms with E-state index in [1.807, 2.05) is 19.9 Å². The molecular weight excluding hydrogens is 226 g/mol. The van der Waals surface area contributed by atoms with Crippen molar-refractivity contribution in [3.05, 3.63) is 23.4 Å². The molecule has 98 valence electrons. The summed E-state index contributed by atoms with van der Waals surface area (Å²) in [5.74, 6) is 1.31. The van der Waals surface area contributed by atoms with Crippen molar-refractivity contribution in [3.8, 4) is 5.88 Å². The van der Waals surface area contributed by atoms with Gasteiger partial charge in [0.2, 0.25) is 11.8 Å². The van der Waals surface area contributed by atoms with E-state index in [2.05, 4.69) is 21.4 Å². The van der Waals surface area contributed by atoms with Gasteiger partial charge in [-0.15, -0.1) is 0 Å². The van der Waals surface area contributed by atoms with Gasteiger partial charge in [-0.2, -0.15) is 4.98 Å². The van der Waals surface area contributed by atoms with Gasteiger partial charge in [0.15, 0.2) is 0 Å². The largest absolute Gasteiger partial charge is 0.478 e. The zero-order valence-corrected chi connectivity index (χ0v) is 11.2. The molecule has 0 aliphatic heterocycles. The van der Waals surface area contributed by atoms with Gasteiger partial charge in [0.25, 0.3) is 0 Å². The molecule has 1 N–H and O–H groups in total. The van der Waals surface area contributed by atoms with Crippen LogP contribution in [0.5, 0.6) is 5.88 Å². The molecule has 1 heterocycles. The fourth-order valence-corrected chi connectivity index (χ4v) is 2.14. The van der Waals surface area contributed by atoms with Gasteiger partial charge >= 0.3 is 0 Å². The van der Waals surface area contributed by atoms with Crippen LogP contribution >= 0.6 is 0 Å². The lowest BCUT2D eigenvalue weighted by Crippen LogP contribution is -2.08. The predicted octanol–water partition coefficient (Wildman–Crippen LogP) is 3.10. The first kappa shape index (κ1) is 12.9. The van der Waals surface area contributed by atoms with Gasteiger partial charge in [-0.3, -0.25) is 0 Å². The second-order valence-electron chi connectivity index (χ2n) is 4.54. The van der Waals surface area contributed by atoms with Crippen LogP contribution < -0.4 is 10.1 Å². The number of aromatic nitrogens is 2. The lowest BCUT2D eigenvalue weighted by Gasteiger charge is -2.08. The smallest absolute Gasteiger partial charge is 0.226 e. The summed E-state index contributed by atoms with van der Waals surface area (Å²) >= 11 is 0. The van der Waals surface area contributed by atoms with Crippen molar-refractivity contribution in [2.75, 3.05) is 18.5 Å². The minimum atomic E-state index is 0.628. The Morgan fingerprint density at radius 3 is 3.00 bits per heavy atom. The number of rotatable bonds is 6. The van der Waals surface area contributed by atoms with Gasteiger partial charge in [-0.25, -0.2) is 4.98 Å². The number of aryl methyl sites for hydroxylation is 1. The van der Waals surface area contributed by atoms with Gasteiger partial charge in [0.1, 0.15) is 0 Å². The lowest BCUT2D eigenvalue weighted by molar-refractivity contribution is 0.326. The molecule has 1 aromatic rings. The first-order chi connectivity index (χ1) is 8.78. The molecule has 18 heavy (non-hydrogen) atoms. The van der Waals surface area contributed by atoms with E-state index in [9.17, 15) is 0 Å². The molecule has 0 unspecified atom stereocenters. The molecule has 2 rings (SSSR count). The van der Waals surface area contributed by atoms with Gasteiger partial charge in [-0.1, -0.05) is 11.6 Å². The minimum absolute atomic E-state index is 0.628. The van der Waals surface area contributed by atoms with Crippen molar-refractivity contribution >= 4 is 5.95 Å². The summed E-state index contributed by atoms with van der Waals surface area (Å²) < 4.78 is 5.40. The Labute approximate surface area is 108 Å². The van der Waals surface area contributed by atoms with E-state index in [1.165, 1.54) is 19.3 Å². The second kappa shape index (κ2) is 6.38. The van der Waals surface area contributed by atoms with Crippen LogP contribution in [-0.2, 0) is 0 Å². The molecule has 1 aliphatic carbocycles. The summed E-state index contributed by atoms with van der Waals surface area (Å²) in [4.78, 5) is 8.68. The van der Waals surface area contributed by atoms with Crippen LogP contribution in [0.15, 0.2) is 17.7 Å². The van der Waals surface area contributed by atoms with Crippen molar-refractivity contribution < 1.29 is 4.74 Å². The Kier molecular flexibility index (Phi) is 4.56. The maximum atomic E-state index is 5.40. The molecule has 0 fully saturated rings. The van der Waals surface area contributed by atoms with Gasteiger partial charge in [-0.05, 0) is 39.5 Å². The van der Waals surface area contributed by atoms with Gasteiger partial charge in [0.05, 0.1) is 6.61 Å². The van der Waals surface area contributed by atoms with E-state index in [4.69, 9.17) is 4.74 Å². The number of anilines is 1. The summed E-state index contributed by atoms with van der Waals surface area (Å²) in [6, 6.07) is 1.86. The summed E-state index contributed by atoms with van der Waals surface area (Å²) in [6.45, 7) is 5.43. The average molecular weight is 247 g/mol. The molecule has 0 radical (unpaired) electrons. The standard InChI is InChI=1S/C14H21N3O/c1-3-18-13-10-11(2)16-14(17-13)15-9-8-12-6-4-5-7-12/h6,10H,3-5,7-9H2,1-2H3,(H,15,16,17). The molecule has 0 aromatic carbocycles. The topological polar surface area (TPSA) is 47.0 Å². The normalized spacial score (nSPS) is 14.4. The highest BCUT2D eigenvalue weighted by Crippen LogP contribution is 2.20. The second-order valence-corrected chi connectivity index (χ2v) is 4.54. The van der Waals surface area contributed by atoms with Crippen LogP contribution in [0.3, 0.4) is 0 Å². The van der Waals surface area contributed by atoms with Crippen molar-refractivity contribution in [3.63, 3.8) is 0 Å². The van der Waals surface area contributed by atoms with Crippen molar-refractivity contribution in [1.29, 1.82) is 0 Å². The van der Waals surface area contributed by atoms with Crippen LogP contribution in [-0.4, -0.2) is 23.1 Å². The highest BCUT2D eigenvalue weighted by molar-refractivity contribution is 5.30. The fraction of sp³-hybridized carbons (Fsp3) is 0.571. The number of nitrogens with one attached hydrogen (secondary N) is 1. The van der Waals surface area contributed by atoms with Crippen LogP contribution in [0.2, 0.25) is 0 Å². The highest BCUT2D eigenvalue weighted by atomic mass is 16.5. The molecular formula is C14H21N3O. The number of hydrogen-bond donors (Lipinski definition) is 1. The third-order valence-corrected chi connectivity index (χ3v) is 2.99. The van der Waals surface area contributed by atoms with Crippen molar-refractivity contribution in [1.82, 2.24) is 9.97 Å². The molecule has 1 aromatic heterocycles. The highest BCUT2D eigenvalue weighted by Gasteiger charge is 2.05. The lowest BCUT2D eigenvalue weighted by atomic mass is 10.2. The summed E-state index contributed by atoms with van der Waals surface area (Å²) in [7, 11) is 0. The number of nitrogens with zero attached hydrogens (tertiary/aromatic N) is 2. The summed E-state index contributed by atoms with van der Waals surface area (Å²) in [6.07, 6.45) is 7.24. The Hall–Kier alpha value is -1.58. The predicted molar refractivity (Wildman–Crippen MR) is 73.0 cm³/mol. The van der Waals surface area contributed by atoms with Crippen LogP contribution in [0.4, 0.5) is 5.95 Å². The first-order valence-electron chi connectivity index (χ1n) is 6.68. The maximum absolute atomic E-state index is 5.40. The van der Waals surface area contributed by atoms with Crippen LogP contribution in [0.1, 0.15) is 38.3 Å². The van der Waals surface area contributed by atoms with Gasteiger partial charge < -0.3 is 10.1 Å². The van der Waals surface area contributed by atoms with E-state index in [-0.39, 0.29) is 0 Å². The molecule has 4 heteroatoms. The number of allylic oxidation sites excluding steroid dienone is 1. The average Bonchev–Trinajstić information content (AvgIpc) is 2.82. The van der Waals surface area contributed by atoms with Crippen LogP contribution in [0, 0.1) is 6.92 Å². The molecule has 0 saturated carbocycles. The third-order valence-electron chi connectivity index (χ3n) is 2.99. The fourth-order valence-electron chi connectivity index (χ4n) is 2.14. The monoisotopic (exact) mass is 247 g/mol. The molecule has 0 saturated heterocycles. The Morgan fingerprint density at radius 1 is 1.39 bits per heavy atom. The van der Waals surface area contributed by atoms with Crippen LogP contribution in [0.25, 0.3) is 0 Å². The summed E-state index contributed by atoms with van der Waals surface area (Å²) in [5, 5.41) is 3.27. The van der Waals surface area contributed by atoms with E-state index in [1.54, 1.807) is 5.57 Å². The quantitative estimate of drug-likeness (QED) is 0.785.